The van der Waals surface area contributed by atoms with Gasteiger partial charge in [0.15, 0.2) is 0 Å². The van der Waals surface area contributed by atoms with E-state index in [-0.39, 0.29) is 11.4 Å². The summed E-state index contributed by atoms with van der Waals surface area (Å²) in [5.74, 6) is -0.222. The smallest absolute Gasteiger partial charge is 0.241 e. The summed E-state index contributed by atoms with van der Waals surface area (Å²) < 4.78 is 0. The van der Waals surface area contributed by atoms with Crippen LogP contribution in [0.1, 0.15) is 32.4 Å². The molecule has 0 radical (unpaired) electrons. The Bertz CT molecular complexity index is 385. The van der Waals surface area contributed by atoms with Crippen LogP contribution >= 0.6 is 11.6 Å². The summed E-state index contributed by atoms with van der Waals surface area (Å²) in [5, 5.41) is 3.34. The molecule has 0 spiro atoms. The fourth-order valence-corrected chi connectivity index (χ4v) is 1.57. The number of carbonyl (C=O) groups excluding carboxylic acids is 1. The number of rotatable bonds is 2. The fraction of sp³-hybridized carbons (Fsp3) is 0.417. The van der Waals surface area contributed by atoms with Crippen LogP contribution in [-0.2, 0) is 4.79 Å². The van der Waals surface area contributed by atoms with Gasteiger partial charge in [0.2, 0.25) is 5.91 Å². The minimum absolute atomic E-state index is 0.222. The van der Waals surface area contributed by atoms with E-state index in [1.807, 2.05) is 26.8 Å². The maximum atomic E-state index is 11.8. The zero-order valence-electron chi connectivity index (χ0n) is 9.75. The van der Waals surface area contributed by atoms with Crippen molar-refractivity contribution < 1.29 is 4.79 Å². The first-order valence-electron chi connectivity index (χ1n) is 5.13. The van der Waals surface area contributed by atoms with Crippen molar-refractivity contribution in [1.82, 2.24) is 5.32 Å². The number of nitrogens with two attached hydrogens (primary N) is 1. The predicted molar refractivity (Wildman–Crippen MR) is 66.3 cm³/mol. The van der Waals surface area contributed by atoms with Crippen LogP contribution in [0.2, 0.25) is 5.02 Å². The van der Waals surface area contributed by atoms with E-state index in [4.69, 9.17) is 17.3 Å². The molecular formula is C12H17ClN2O. The van der Waals surface area contributed by atoms with Crippen molar-refractivity contribution in [2.24, 2.45) is 5.73 Å². The average molecular weight is 241 g/mol. The van der Waals surface area contributed by atoms with Crippen LogP contribution in [0.3, 0.4) is 0 Å². The fourth-order valence-electron chi connectivity index (χ4n) is 1.32. The molecular weight excluding hydrogens is 224 g/mol. The molecule has 1 aromatic rings. The lowest BCUT2D eigenvalue weighted by Gasteiger charge is -2.23. The average Bonchev–Trinajstić information content (AvgIpc) is 2.15. The first kappa shape index (κ1) is 13.0. The van der Waals surface area contributed by atoms with Crippen molar-refractivity contribution in [3.63, 3.8) is 0 Å². The molecule has 4 heteroatoms. The highest BCUT2D eigenvalue weighted by Gasteiger charge is 2.22. The third-order valence-corrected chi connectivity index (χ3v) is 2.37. The molecule has 0 saturated heterocycles. The van der Waals surface area contributed by atoms with Gasteiger partial charge >= 0.3 is 0 Å². The molecule has 0 aliphatic heterocycles. The zero-order chi connectivity index (χ0) is 12.3. The van der Waals surface area contributed by atoms with Gasteiger partial charge in [-0.3, -0.25) is 4.79 Å². The number of hydrogen-bond acceptors (Lipinski definition) is 2. The Morgan fingerprint density at radius 1 is 1.38 bits per heavy atom. The van der Waals surface area contributed by atoms with E-state index in [2.05, 4.69) is 5.32 Å². The van der Waals surface area contributed by atoms with Gasteiger partial charge < -0.3 is 11.1 Å². The highest BCUT2D eigenvalue weighted by molar-refractivity contribution is 6.31. The molecule has 1 rings (SSSR count). The first-order chi connectivity index (χ1) is 7.31. The lowest BCUT2D eigenvalue weighted by Crippen LogP contribution is -2.45. The summed E-state index contributed by atoms with van der Waals surface area (Å²) >= 11 is 5.97. The topological polar surface area (TPSA) is 55.1 Å². The minimum atomic E-state index is -0.729. The van der Waals surface area contributed by atoms with Crippen LogP contribution in [0, 0.1) is 0 Å². The Morgan fingerprint density at radius 2 is 1.94 bits per heavy atom. The first-order valence-corrected chi connectivity index (χ1v) is 5.51. The molecule has 0 aliphatic carbocycles. The van der Waals surface area contributed by atoms with Gasteiger partial charge in [0.05, 0.1) is 0 Å². The molecule has 88 valence electrons. The van der Waals surface area contributed by atoms with Crippen LogP contribution in [0.15, 0.2) is 24.3 Å². The number of amides is 1. The maximum Gasteiger partial charge on any atom is 0.241 e. The van der Waals surface area contributed by atoms with Crippen molar-refractivity contribution in [2.45, 2.75) is 32.4 Å². The molecule has 1 atom stereocenters. The molecule has 0 fully saturated rings. The van der Waals surface area contributed by atoms with E-state index >= 15 is 0 Å². The van der Waals surface area contributed by atoms with Crippen molar-refractivity contribution in [3.8, 4) is 0 Å². The van der Waals surface area contributed by atoms with Gasteiger partial charge in [0, 0.05) is 10.6 Å². The van der Waals surface area contributed by atoms with Gasteiger partial charge in [-0.25, -0.2) is 0 Å². The summed E-state index contributed by atoms with van der Waals surface area (Å²) in [6.45, 7) is 5.72. The summed E-state index contributed by atoms with van der Waals surface area (Å²) in [6, 6.07) is 6.37. The molecule has 0 saturated carbocycles. The van der Waals surface area contributed by atoms with Gasteiger partial charge in [-0.2, -0.15) is 0 Å². The zero-order valence-corrected chi connectivity index (χ0v) is 10.5. The Hall–Kier alpha value is -1.06. The molecule has 1 amide bonds. The Labute approximate surface area is 101 Å². The number of nitrogens with one attached hydrogen (secondary N) is 1. The van der Waals surface area contributed by atoms with E-state index in [0.717, 1.165) is 0 Å². The summed E-state index contributed by atoms with van der Waals surface area (Å²) in [6.07, 6.45) is 0. The van der Waals surface area contributed by atoms with Crippen molar-refractivity contribution in [1.29, 1.82) is 0 Å². The van der Waals surface area contributed by atoms with Crippen LogP contribution in [-0.4, -0.2) is 11.4 Å². The summed E-state index contributed by atoms with van der Waals surface area (Å²) in [7, 11) is 0. The number of hydrogen-bond donors (Lipinski definition) is 2. The quantitative estimate of drug-likeness (QED) is 0.833. The highest BCUT2D eigenvalue weighted by Crippen LogP contribution is 2.21. The number of halogens is 1. The third kappa shape index (κ3) is 3.51. The monoisotopic (exact) mass is 240 g/mol. The molecule has 0 heterocycles. The lowest BCUT2D eigenvalue weighted by atomic mass is 10.0. The maximum absolute atomic E-state index is 11.8. The molecule has 16 heavy (non-hydrogen) atoms. The third-order valence-electron chi connectivity index (χ3n) is 2.02. The summed E-state index contributed by atoms with van der Waals surface area (Å²) in [4.78, 5) is 11.8. The van der Waals surface area contributed by atoms with Crippen molar-refractivity contribution >= 4 is 17.5 Å². The Kier molecular flexibility index (Phi) is 3.94. The Balaban J connectivity index is 2.83. The van der Waals surface area contributed by atoms with Crippen molar-refractivity contribution in [2.75, 3.05) is 0 Å². The van der Waals surface area contributed by atoms with Gasteiger partial charge in [-0.15, -0.1) is 0 Å². The molecule has 1 unspecified atom stereocenters. The highest BCUT2D eigenvalue weighted by atomic mass is 35.5. The summed E-state index contributed by atoms with van der Waals surface area (Å²) in [5.41, 5.74) is 6.20. The van der Waals surface area contributed by atoms with E-state index < -0.39 is 6.04 Å². The van der Waals surface area contributed by atoms with E-state index in [0.29, 0.717) is 10.6 Å². The van der Waals surface area contributed by atoms with Gasteiger partial charge in [-0.1, -0.05) is 29.8 Å². The van der Waals surface area contributed by atoms with E-state index in [1.54, 1.807) is 18.2 Å². The van der Waals surface area contributed by atoms with Crippen LogP contribution in [0.4, 0.5) is 0 Å². The van der Waals surface area contributed by atoms with Crippen LogP contribution in [0.25, 0.3) is 0 Å². The predicted octanol–water partition coefficient (Wildman–Crippen LogP) is 2.25. The second-order valence-electron chi connectivity index (χ2n) is 4.74. The molecule has 0 aromatic heterocycles. The van der Waals surface area contributed by atoms with Crippen LogP contribution < -0.4 is 11.1 Å². The van der Waals surface area contributed by atoms with E-state index in [1.165, 1.54) is 0 Å². The molecule has 0 aliphatic rings. The van der Waals surface area contributed by atoms with Crippen LogP contribution in [0.5, 0.6) is 0 Å². The number of benzene rings is 1. The largest absolute Gasteiger partial charge is 0.350 e. The van der Waals surface area contributed by atoms with Gasteiger partial charge in [0.1, 0.15) is 6.04 Å². The lowest BCUT2D eigenvalue weighted by molar-refractivity contribution is -0.123. The Morgan fingerprint density at radius 3 is 2.44 bits per heavy atom. The minimum Gasteiger partial charge on any atom is -0.350 e. The molecule has 3 nitrogen and oxygen atoms in total. The molecule has 3 N–H and O–H groups in total. The molecule has 0 bridgehead atoms. The van der Waals surface area contributed by atoms with E-state index in [9.17, 15) is 4.79 Å². The second kappa shape index (κ2) is 4.85. The van der Waals surface area contributed by atoms with Gasteiger partial charge in [-0.05, 0) is 32.4 Å². The normalized spacial score (nSPS) is 13.3. The standard InChI is InChI=1S/C12H17ClN2O/c1-12(2,3)15-11(16)10(14)8-6-4-5-7-9(8)13/h4-7,10H,14H2,1-3H3,(H,15,16). The van der Waals surface area contributed by atoms with Gasteiger partial charge in [0.25, 0.3) is 0 Å². The van der Waals surface area contributed by atoms with Crippen molar-refractivity contribution in [3.05, 3.63) is 34.9 Å². The SMILES string of the molecule is CC(C)(C)NC(=O)C(N)c1ccccc1Cl. The molecule has 1 aromatic carbocycles. The number of carbonyl (C=O) groups is 1. The second-order valence-corrected chi connectivity index (χ2v) is 5.15.